The lowest BCUT2D eigenvalue weighted by Gasteiger charge is -2.09. The molecule has 0 aliphatic rings. The van der Waals surface area contributed by atoms with E-state index in [4.69, 9.17) is 23.2 Å². The number of halogens is 2. The second kappa shape index (κ2) is 8.67. The smallest absolute Gasteiger partial charge is 0.240 e. The summed E-state index contributed by atoms with van der Waals surface area (Å²) in [5.74, 6) is -0.297. The summed E-state index contributed by atoms with van der Waals surface area (Å²) in [5.41, 5.74) is 1.04. The fourth-order valence-corrected chi connectivity index (χ4v) is 3.77. The molecule has 0 spiro atoms. The minimum atomic E-state index is -3.53. The van der Waals surface area contributed by atoms with Crippen LogP contribution in [0.5, 0.6) is 0 Å². The van der Waals surface area contributed by atoms with Crippen LogP contribution in [0.15, 0.2) is 47.4 Å². The van der Waals surface area contributed by atoms with E-state index in [-0.39, 0.29) is 17.2 Å². The number of hydrogen-bond acceptors (Lipinski definition) is 3. The lowest BCUT2D eigenvalue weighted by Crippen LogP contribution is -2.24. The van der Waals surface area contributed by atoms with Gasteiger partial charge in [-0.2, -0.15) is 0 Å². The number of amides is 1. The van der Waals surface area contributed by atoms with E-state index in [1.54, 1.807) is 18.2 Å². The lowest BCUT2D eigenvalue weighted by molar-refractivity contribution is -0.115. The zero-order valence-corrected chi connectivity index (χ0v) is 15.9. The van der Waals surface area contributed by atoms with E-state index in [2.05, 4.69) is 10.0 Å². The molecule has 0 aromatic heterocycles. The highest BCUT2D eigenvalue weighted by atomic mass is 35.5. The topological polar surface area (TPSA) is 75.3 Å². The summed E-state index contributed by atoms with van der Waals surface area (Å²) >= 11 is 12.1. The second-order valence-electron chi connectivity index (χ2n) is 5.35. The van der Waals surface area contributed by atoms with Crippen LogP contribution in [0.3, 0.4) is 0 Å². The van der Waals surface area contributed by atoms with Crippen molar-refractivity contribution in [2.24, 2.45) is 0 Å². The summed E-state index contributed by atoms with van der Waals surface area (Å²) in [6.07, 6.45) is 0.731. The van der Waals surface area contributed by atoms with Gasteiger partial charge in [0.2, 0.25) is 15.9 Å². The normalized spacial score (nSPS) is 11.3. The van der Waals surface area contributed by atoms with E-state index in [0.29, 0.717) is 34.3 Å². The predicted molar refractivity (Wildman–Crippen MR) is 101 cm³/mol. The number of sulfonamides is 1. The first kappa shape index (κ1) is 19.7. The number of rotatable bonds is 7. The molecule has 0 fully saturated rings. The van der Waals surface area contributed by atoms with E-state index in [0.717, 1.165) is 0 Å². The Morgan fingerprint density at radius 1 is 1.04 bits per heavy atom. The lowest BCUT2D eigenvalue weighted by atomic mass is 10.1. The Balaban J connectivity index is 2.05. The number of nitrogens with one attached hydrogen (secondary N) is 2. The summed E-state index contributed by atoms with van der Waals surface area (Å²) in [5, 5.41) is 3.54. The SMILES string of the molecule is CCCNS(=O)(=O)c1ccc(NC(=O)Cc2c(Cl)cccc2Cl)cc1. The van der Waals surface area contributed by atoms with Crippen LogP contribution in [0.4, 0.5) is 5.69 Å². The van der Waals surface area contributed by atoms with Gasteiger partial charge in [0.15, 0.2) is 0 Å². The van der Waals surface area contributed by atoms with Gasteiger partial charge in [-0.1, -0.05) is 36.2 Å². The number of carbonyl (C=O) groups excluding carboxylic acids is 1. The first-order valence-corrected chi connectivity index (χ1v) is 9.90. The molecule has 2 aromatic rings. The molecule has 2 aromatic carbocycles. The highest BCUT2D eigenvalue weighted by Gasteiger charge is 2.14. The van der Waals surface area contributed by atoms with Crippen molar-refractivity contribution in [1.29, 1.82) is 0 Å². The first-order valence-electron chi connectivity index (χ1n) is 7.66. The molecule has 0 bridgehead atoms. The van der Waals surface area contributed by atoms with Crippen molar-refractivity contribution < 1.29 is 13.2 Å². The van der Waals surface area contributed by atoms with Gasteiger partial charge in [-0.25, -0.2) is 13.1 Å². The van der Waals surface area contributed by atoms with Crippen LogP contribution in [-0.4, -0.2) is 20.9 Å². The van der Waals surface area contributed by atoms with Crippen LogP contribution in [0.1, 0.15) is 18.9 Å². The van der Waals surface area contributed by atoms with Crippen LogP contribution < -0.4 is 10.0 Å². The van der Waals surface area contributed by atoms with E-state index in [1.807, 2.05) is 6.92 Å². The third-order valence-electron chi connectivity index (χ3n) is 3.39. The van der Waals surface area contributed by atoms with Gasteiger partial charge in [-0.3, -0.25) is 4.79 Å². The number of anilines is 1. The van der Waals surface area contributed by atoms with Crippen molar-refractivity contribution in [1.82, 2.24) is 4.72 Å². The molecule has 2 rings (SSSR count). The molecule has 5 nitrogen and oxygen atoms in total. The maximum absolute atomic E-state index is 12.2. The zero-order chi connectivity index (χ0) is 18.4. The Hall–Kier alpha value is -1.60. The molecular weight excluding hydrogens is 383 g/mol. The average molecular weight is 401 g/mol. The molecule has 8 heteroatoms. The van der Waals surface area contributed by atoms with Gasteiger partial charge in [-0.05, 0) is 48.4 Å². The molecule has 0 saturated carbocycles. The summed E-state index contributed by atoms with van der Waals surface area (Å²) in [6, 6.07) is 11.0. The van der Waals surface area contributed by atoms with Crippen molar-refractivity contribution in [2.45, 2.75) is 24.7 Å². The first-order chi connectivity index (χ1) is 11.8. The third-order valence-corrected chi connectivity index (χ3v) is 5.57. The summed E-state index contributed by atoms with van der Waals surface area (Å²) in [6.45, 7) is 2.26. The van der Waals surface area contributed by atoms with E-state index in [1.165, 1.54) is 24.3 Å². The summed E-state index contributed by atoms with van der Waals surface area (Å²) < 4.78 is 26.5. The van der Waals surface area contributed by atoms with Gasteiger partial charge in [0.25, 0.3) is 0 Å². The van der Waals surface area contributed by atoms with Crippen LogP contribution in [0.25, 0.3) is 0 Å². The molecule has 0 saturated heterocycles. The Morgan fingerprint density at radius 2 is 1.64 bits per heavy atom. The Morgan fingerprint density at radius 3 is 2.20 bits per heavy atom. The van der Waals surface area contributed by atoms with E-state index >= 15 is 0 Å². The number of hydrogen-bond donors (Lipinski definition) is 2. The number of carbonyl (C=O) groups is 1. The largest absolute Gasteiger partial charge is 0.326 e. The molecular formula is C17H18Cl2N2O3S. The van der Waals surface area contributed by atoms with Crippen molar-refractivity contribution >= 4 is 44.8 Å². The molecule has 0 radical (unpaired) electrons. The van der Waals surface area contributed by atoms with Gasteiger partial charge >= 0.3 is 0 Å². The molecule has 0 aliphatic heterocycles. The Kier molecular flexibility index (Phi) is 6.84. The van der Waals surface area contributed by atoms with E-state index in [9.17, 15) is 13.2 Å². The van der Waals surface area contributed by atoms with Crippen molar-refractivity contribution in [3.8, 4) is 0 Å². The standard InChI is InChI=1S/C17H18Cl2N2O3S/c1-2-10-20-25(23,24)13-8-6-12(7-9-13)21-17(22)11-14-15(18)4-3-5-16(14)19/h3-9,20H,2,10-11H2,1H3,(H,21,22). The van der Waals surface area contributed by atoms with Crippen LogP contribution >= 0.6 is 23.2 Å². The molecule has 2 N–H and O–H groups in total. The van der Waals surface area contributed by atoms with Gasteiger partial charge < -0.3 is 5.32 Å². The average Bonchev–Trinajstić information content (AvgIpc) is 2.57. The molecule has 134 valence electrons. The van der Waals surface area contributed by atoms with Gasteiger partial charge in [0, 0.05) is 22.3 Å². The molecule has 0 heterocycles. The monoisotopic (exact) mass is 400 g/mol. The molecule has 1 amide bonds. The second-order valence-corrected chi connectivity index (χ2v) is 7.93. The molecule has 25 heavy (non-hydrogen) atoms. The highest BCUT2D eigenvalue weighted by Crippen LogP contribution is 2.25. The van der Waals surface area contributed by atoms with Gasteiger partial charge in [-0.15, -0.1) is 0 Å². The van der Waals surface area contributed by atoms with Gasteiger partial charge in [0.1, 0.15) is 0 Å². The van der Waals surface area contributed by atoms with Crippen LogP contribution in [0, 0.1) is 0 Å². The third kappa shape index (κ3) is 5.44. The van der Waals surface area contributed by atoms with Crippen molar-refractivity contribution in [3.63, 3.8) is 0 Å². The fourth-order valence-electron chi connectivity index (χ4n) is 2.10. The quantitative estimate of drug-likeness (QED) is 0.740. The van der Waals surface area contributed by atoms with Crippen LogP contribution in [0.2, 0.25) is 10.0 Å². The maximum Gasteiger partial charge on any atom is 0.240 e. The summed E-state index contributed by atoms with van der Waals surface area (Å²) in [7, 11) is -3.53. The number of benzene rings is 2. The van der Waals surface area contributed by atoms with Crippen molar-refractivity contribution in [3.05, 3.63) is 58.1 Å². The molecule has 0 unspecified atom stereocenters. The van der Waals surface area contributed by atoms with Crippen molar-refractivity contribution in [2.75, 3.05) is 11.9 Å². The predicted octanol–water partition coefficient (Wildman–Crippen LogP) is 3.86. The van der Waals surface area contributed by atoms with E-state index < -0.39 is 10.0 Å². The maximum atomic E-state index is 12.2. The minimum absolute atomic E-state index is 0.0244. The Labute approximate surface area is 157 Å². The summed E-state index contributed by atoms with van der Waals surface area (Å²) in [4.78, 5) is 12.3. The molecule has 0 aliphatic carbocycles. The Bertz CT molecular complexity index is 832. The van der Waals surface area contributed by atoms with Crippen LogP contribution in [-0.2, 0) is 21.2 Å². The minimum Gasteiger partial charge on any atom is -0.326 e. The highest BCUT2D eigenvalue weighted by molar-refractivity contribution is 7.89. The van der Waals surface area contributed by atoms with Gasteiger partial charge in [0.05, 0.1) is 11.3 Å². The zero-order valence-electron chi connectivity index (χ0n) is 13.6. The molecule has 0 atom stereocenters. The fraction of sp³-hybridized carbons (Fsp3) is 0.235.